The number of halogens is 1. The maximum absolute atomic E-state index is 12.8. The predicted molar refractivity (Wildman–Crippen MR) is 114 cm³/mol. The largest absolute Gasteiger partial charge is 0.497 e. The third-order valence-corrected chi connectivity index (χ3v) is 5.99. The first-order chi connectivity index (χ1) is 13.6. The number of ether oxygens (including phenoxy) is 2. The molecule has 0 spiro atoms. The average molecular weight is 441 g/mol. The minimum atomic E-state index is -3.75. The van der Waals surface area contributed by atoms with Crippen LogP contribution in [0.15, 0.2) is 42.5 Å². The van der Waals surface area contributed by atoms with Crippen molar-refractivity contribution in [2.24, 2.45) is 0 Å². The van der Waals surface area contributed by atoms with Crippen molar-refractivity contribution in [2.75, 3.05) is 24.8 Å². The van der Waals surface area contributed by atoms with E-state index in [2.05, 4.69) is 5.32 Å². The van der Waals surface area contributed by atoms with Crippen molar-refractivity contribution in [2.45, 2.75) is 25.9 Å². The molecule has 0 fully saturated rings. The molecule has 0 aromatic heterocycles. The number of sulfonamides is 1. The highest BCUT2D eigenvalue weighted by atomic mass is 35.5. The van der Waals surface area contributed by atoms with Gasteiger partial charge in [0.15, 0.2) is 0 Å². The summed E-state index contributed by atoms with van der Waals surface area (Å²) in [5.74, 6) is 0.681. The van der Waals surface area contributed by atoms with Gasteiger partial charge in [-0.2, -0.15) is 0 Å². The zero-order valence-corrected chi connectivity index (χ0v) is 18.5. The van der Waals surface area contributed by atoms with Crippen LogP contribution >= 0.6 is 11.6 Å². The average Bonchev–Trinajstić information content (AvgIpc) is 2.67. The van der Waals surface area contributed by atoms with Gasteiger partial charge in [0.2, 0.25) is 15.9 Å². The zero-order valence-electron chi connectivity index (χ0n) is 17.0. The molecule has 0 aliphatic carbocycles. The number of carbonyl (C=O) groups excluding carboxylic acids is 1. The first kappa shape index (κ1) is 22.8. The number of carbonyl (C=O) groups is 1. The van der Waals surface area contributed by atoms with Gasteiger partial charge in [0, 0.05) is 0 Å². The van der Waals surface area contributed by atoms with Gasteiger partial charge in [0.25, 0.3) is 0 Å². The van der Waals surface area contributed by atoms with Crippen molar-refractivity contribution in [1.29, 1.82) is 0 Å². The Morgan fingerprint density at radius 2 is 1.69 bits per heavy atom. The van der Waals surface area contributed by atoms with Gasteiger partial charge in [0.05, 0.1) is 37.2 Å². The maximum Gasteiger partial charge on any atom is 0.244 e. The third-order valence-electron chi connectivity index (χ3n) is 4.45. The predicted octanol–water partition coefficient (Wildman–Crippen LogP) is 3.39. The SMILES string of the molecule is COc1ccc([C@@H](C)NC(=O)[C@H](C)N(c2ccc(OC)c(Cl)c2)S(C)(=O)=O)cc1. The first-order valence-corrected chi connectivity index (χ1v) is 11.1. The van der Waals surface area contributed by atoms with E-state index in [0.29, 0.717) is 11.5 Å². The number of amides is 1. The molecule has 2 aromatic carbocycles. The lowest BCUT2D eigenvalue weighted by Crippen LogP contribution is -2.48. The van der Waals surface area contributed by atoms with Crippen molar-refractivity contribution in [1.82, 2.24) is 5.32 Å². The van der Waals surface area contributed by atoms with Crippen molar-refractivity contribution in [3.05, 3.63) is 53.1 Å². The van der Waals surface area contributed by atoms with Crippen molar-refractivity contribution >= 4 is 33.2 Å². The molecule has 2 aromatic rings. The highest BCUT2D eigenvalue weighted by Crippen LogP contribution is 2.31. The second kappa shape index (κ2) is 9.37. The first-order valence-electron chi connectivity index (χ1n) is 8.85. The highest BCUT2D eigenvalue weighted by Gasteiger charge is 2.30. The number of benzene rings is 2. The molecule has 29 heavy (non-hydrogen) atoms. The van der Waals surface area contributed by atoms with Crippen LogP contribution in [0, 0.1) is 0 Å². The van der Waals surface area contributed by atoms with E-state index in [1.807, 2.05) is 19.1 Å². The summed E-state index contributed by atoms with van der Waals surface area (Å²) in [6, 6.07) is 10.5. The normalized spacial score (nSPS) is 13.3. The van der Waals surface area contributed by atoms with Gasteiger partial charge in [-0.3, -0.25) is 9.10 Å². The van der Waals surface area contributed by atoms with E-state index in [4.69, 9.17) is 21.1 Å². The molecule has 9 heteroatoms. The zero-order chi connectivity index (χ0) is 21.8. The van der Waals surface area contributed by atoms with Crippen LogP contribution in [0.5, 0.6) is 11.5 Å². The minimum Gasteiger partial charge on any atom is -0.497 e. The minimum absolute atomic E-state index is 0.248. The molecular formula is C20H25ClN2O5S. The molecule has 2 rings (SSSR count). The smallest absolute Gasteiger partial charge is 0.244 e. The number of hydrogen-bond donors (Lipinski definition) is 1. The van der Waals surface area contributed by atoms with E-state index in [-0.39, 0.29) is 16.8 Å². The van der Waals surface area contributed by atoms with E-state index < -0.39 is 22.0 Å². The standard InChI is InChI=1S/C20H25ClN2O5S/c1-13(15-6-9-17(27-3)10-7-15)22-20(24)14(2)23(29(5,25)26)16-8-11-19(28-4)18(21)12-16/h6-14H,1-5H3,(H,22,24)/t13-,14+/m1/s1. The number of methoxy groups -OCH3 is 2. The fourth-order valence-corrected chi connectivity index (χ4v) is 4.33. The number of nitrogens with zero attached hydrogens (tertiary/aromatic N) is 1. The Labute approximate surface area is 176 Å². The lowest BCUT2D eigenvalue weighted by Gasteiger charge is -2.29. The van der Waals surface area contributed by atoms with Gasteiger partial charge in [-0.1, -0.05) is 23.7 Å². The molecule has 1 N–H and O–H groups in total. The summed E-state index contributed by atoms with van der Waals surface area (Å²) in [5, 5.41) is 3.10. The number of hydrogen-bond acceptors (Lipinski definition) is 5. The fraction of sp³-hybridized carbons (Fsp3) is 0.350. The molecule has 1 amide bonds. The lowest BCUT2D eigenvalue weighted by atomic mass is 10.1. The van der Waals surface area contributed by atoms with Gasteiger partial charge in [0.1, 0.15) is 17.5 Å². The summed E-state index contributed by atoms with van der Waals surface area (Å²) in [4.78, 5) is 12.8. The monoisotopic (exact) mass is 440 g/mol. The van der Waals surface area contributed by atoms with E-state index in [9.17, 15) is 13.2 Å². The molecule has 0 aliphatic rings. The molecule has 0 unspecified atom stereocenters. The Morgan fingerprint density at radius 3 is 2.17 bits per heavy atom. The van der Waals surface area contributed by atoms with Crippen LogP contribution in [-0.2, 0) is 14.8 Å². The van der Waals surface area contributed by atoms with Crippen molar-refractivity contribution in [3.8, 4) is 11.5 Å². The van der Waals surface area contributed by atoms with E-state index in [1.54, 1.807) is 31.4 Å². The Hall–Kier alpha value is -2.45. The number of nitrogens with one attached hydrogen (secondary N) is 1. The quantitative estimate of drug-likeness (QED) is 0.680. The topological polar surface area (TPSA) is 84.9 Å². The molecule has 7 nitrogen and oxygen atoms in total. The van der Waals surface area contributed by atoms with Gasteiger partial charge >= 0.3 is 0 Å². The molecule has 0 radical (unpaired) electrons. The Bertz CT molecular complexity index is 963. The second-order valence-electron chi connectivity index (χ2n) is 6.56. The Kier molecular flexibility index (Phi) is 7.37. The van der Waals surface area contributed by atoms with E-state index >= 15 is 0 Å². The van der Waals surface area contributed by atoms with Crippen LogP contribution in [0.3, 0.4) is 0 Å². The van der Waals surface area contributed by atoms with E-state index in [0.717, 1.165) is 16.1 Å². The molecule has 0 aliphatic heterocycles. The van der Waals surface area contributed by atoms with Crippen LogP contribution in [0.4, 0.5) is 5.69 Å². The molecule has 0 bridgehead atoms. The molecule has 158 valence electrons. The number of anilines is 1. The molecule has 0 saturated heterocycles. The lowest BCUT2D eigenvalue weighted by molar-refractivity contribution is -0.122. The van der Waals surface area contributed by atoms with Crippen LogP contribution in [0.25, 0.3) is 0 Å². The molecular weight excluding hydrogens is 416 g/mol. The summed E-state index contributed by atoms with van der Waals surface area (Å²) < 4.78 is 36.1. The Balaban J connectivity index is 2.25. The molecule has 2 atom stereocenters. The van der Waals surface area contributed by atoms with Gasteiger partial charge in [-0.25, -0.2) is 8.42 Å². The second-order valence-corrected chi connectivity index (χ2v) is 8.82. The van der Waals surface area contributed by atoms with Crippen LogP contribution < -0.4 is 19.1 Å². The van der Waals surface area contributed by atoms with Crippen molar-refractivity contribution in [3.63, 3.8) is 0 Å². The molecule has 0 saturated carbocycles. The molecule has 0 heterocycles. The van der Waals surface area contributed by atoms with Crippen molar-refractivity contribution < 1.29 is 22.7 Å². The fourth-order valence-electron chi connectivity index (χ4n) is 2.91. The Morgan fingerprint density at radius 1 is 1.07 bits per heavy atom. The summed E-state index contributed by atoms with van der Waals surface area (Å²) in [6.45, 7) is 3.34. The van der Waals surface area contributed by atoms with Crippen LogP contribution in [0.2, 0.25) is 5.02 Å². The summed E-state index contributed by atoms with van der Waals surface area (Å²) in [6.07, 6.45) is 1.04. The van der Waals surface area contributed by atoms with Crippen LogP contribution in [-0.4, -0.2) is 40.8 Å². The maximum atomic E-state index is 12.8. The summed E-state index contributed by atoms with van der Waals surface area (Å²) >= 11 is 6.14. The third kappa shape index (κ3) is 5.55. The summed E-state index contributed by atoms with van der Waals surface area (Å²) in [7, 11) is -0.711. The van der Waals surface area contributed by atoms with E-state index in [1.165, 1.54) is 20.1 Å². The highest BCUT2D eigenvalue weighted by molar-refractivity contribution is 7.92. The summed E-state index contributed by atoms with van der Waals surface area (Å²) in [5.41, 5.74) is 1.14. The van der Waals surface area contributed by atoms with Gasteiger partial charge in [-0.05, 0) is 49.7 Å². The van der Waals surface area contributed by atoms with Gasteiger partial charge in [-0.15, -0.1) is 0 Å². The van der Waals surface area contributed by atoms with Crippen LogP contribution in [0.1, 0.15) is 25.5 Å². The number of rotatable bonds is 8. The van der Waals surface area contributed by atoms with Gasteiger partial charge < -0.3 is 14.8 Å².